The number of carbonyl (C=O) groups is 2. The van der Waals surface area contributed by atoms with Gasteiger partial charge in [-0.2, -0.15) is 13.2 Å². The number of amides is 1. The van der Waals surface area contributed by atoms with Crippen molar-refractivity contribution in [2.75, 3.05) is 13.1 Å². The Morgan fingerprint density at radius 2 is 1.89 bits per heavy atom. The van der Waals surface area contributed by atoms with E-state index in [1.165, 1.54) is 0 Å². The van der Waals surface area contributed by atoms with Gasteiger partial charge in [0, 0.05) is 13.1 Å². The fourth-order valence-electron chi connectivity index (χ4n) is 2.02. The zero-order valence-electron chi connectivity index (χ0n) is 10.7. The van der Waals surface area contributed by atoms with Crippen LogP contribution in [0.3, 0.4) is 0 Å². The normalized spacial score (nSPS) is 25.7. The molecule has 1 unspecified atom stereocenters. The second-order valence-corrected chi connectivity index (χ2v) is 5.16. The molecule has 0 aromatic carbocycles. The lowest BCUT2D eigenvalue weighted by atomic mass is 9.86. The van der Waals surface area contributed by atoms with Crippen molar-refractivity contribution in [3.63, 3.8) is 0 Å². The van der Waals surface area contributed by atoms with Gasteiger partial charge in [-0.25, -0.2) is 0 Å². The van der Waals surface area contributed by atoms with Gasteiger partial charge in [-0.1, -0.05) is 13.8 Å². The summed E-state index contributed by atoms with van der Waals surface area (Å²) in [7, 11) is 0. The lowest BCUT2D eigenvalue weighted by Gasteiger charge is -2.28. The Balaban J connectivity index is 2.93. The Hall–Kier alpha value is -1.31. The Bertz CT molecular complexity index is 384. The number of alkyl halides is 3. The van der Waals surface area contributed by atoms with Crippen LogP contribution in [0.25, 0.3) is 0 Å². The van der Waals surface area contributed by atoms with Crippen molar-refractivity contribution in [1.29, 1.82) is 0 Å². The predicted octanol–water partition coefficient (Wildman–Crippen LogP) is 0.835. The average Bonchev–Trinajstić information content (AvgIpc) is 2.72. The summed E-state index contributed by atoms with van der Waals surface area (Å²) in [6.07, 6.45) is -5.53. The highest BCUT2D eigenvalue weighted by Crippen LogP contribution is 2.45. The van der Waals surface area contributed by atoms with Crippen LogP contribution in [0, 0.1) is 11.3 Å². The average molecular weight is 282 g/mol. The number of halogens is 3. The number of aliphatic carboxylic acids is 1. The fraction of sp³-hybridized carbons (Fsp3) is 0.818. The quantitative estimate of drug-likeness (QED) is 0.803. The van der Waals surface area contributed by atoms with Crippen molar-refractivity contribution < 1.29 is 27.9 Å². The molecular weight excluding hydrogens is 265 g/mol. The molecule has 0 spiro atoms. The van der Waals surface area contributed by atoms with E-state index in [9.17, 15) is 22.8 Å². The zero-order chi connectivity index (χ0) is 15.0. The number of nitrogens with two attached hydrogens (primary N) is 1. The molecule has 8 heteroatoms. The molecule has 5 nitrogen and oxygen atoms in total. The van der Waals surface area contributed by atoms with E-state index in [0.717, 1.165) is 4.90 Å². The molecule has 1 aliphatic heterocycles. The molecule has 1 rings (SSSR count). The molecule has 1 amide bonds. The van der Waals surface area contributed by atoms with Gasteiger partial charge in [-0.15, -0.1) is 0 Å². The molecule has 1 aliphatic rings. The molecule has 3 N–H and O–H groups in total. The number of carboxylic acids is 1. The third-order valence-electron chi connectivity index (χ3n) is 3.54. The van der Waals surface area contributed by atoms with Crippen LogP contribution in [0.5, 0.6) is 0 Å². The SMILES string of the molecule is CC(C)[C@@H](N)C(=O)N1CCC(C(=O)O)(C(F)(F)F)C1. The van der Waals surface area contributed by atoms with Gasteiger partial charge < -0.3 is 15.7 Å². The van der Waals surface area contributed by atoms with E-state index in [-0.39, 0.29) is 12.5 Å². The van der Waals surface area contributed by atoms with Crippen molar-refractivity contribution >= 4 is 11.9 Å². The minimum atomic E-state index is -4.89. The lowest BCUT2D eigenvalue weighted by molar-refractivity contribution is -0.227. The molecule has 0 aromatic heterocycles. The summed E-state index contributed by atoms with van der Waals surface area (Å²) < 4.78 is 38.7. The van der Waals surface area contributed by atoms with Crippen molar-refractivity contribution in [1.82, 2.24) is 4.90 Å². The monoisotopic (exact) mass is 282 g/mol. The number of carbonyl (C=O) groups excluding carboxylic acids is 1. The number of rotatable bonds is 3. The molecule has 0 aliphatic carbocycles. The number of hydrogen-bond donors (Lipinski definition) is 2. The maximum Gasteiger partial charge on any atom is 0.406 e. The summed E-state index contributed by atoms with van der Waals surface area (Å²) in [5.74, 6) is -2.81. The highest BCUT2D eigenvalue weighted by atomic mass is 19.4. The number of carboxylic acid groups (broad SMARTS) is 1. The van der Waals surface area contributed by atoms with Crippen molar-refractivity contribution in [2.24, 2.45) is 17.1 Å². The van der Waals surface area contributed by atoms with Gasteiger partial charge in [-0.05, 0) is 12.3 Å². The molecule has 0 aromatic rings. The first-order chi connectivity index (χ1) is 8.53. The highest BCUT2D eigenvalue weighted by molar-refractivity contribution is 5.84. The third kappa shape index (κ3) is 2.68. The van der Waals surface area contributed by atoms with Crippen molar-refractivity contribution in [2.45, 2.75) is 32.5 Å². The van der Waals surface area contributed by atoms with E-state index in [1.54, 1.807) is 13.8 Å². The largest absolute Gasteiger partial charge is 0.481 e. The van der Waals surface area contributed by atoms with Gasteiger partial charge in [0.15, 0.2) is 5.41 Å². The first-order valence-corrected chi connectivity index (χ1v) is 5.87. The van der Waals surface area contributed by atoms with Gasteiger partial charge in [-0.3, -0.25) is 9.59 Å². The second-order valence-electron chi connectivity index (χ2n) is 5.16. The van der Waals surface area contributed by atoms with Gasteiger partial charge in [0.25, 0.3) is 0 Å². The van der Waals surface area contributed by atoms with Crippen LogP contribution in [0.15, 0.2) is 0 Å². The van der Waals surface area contributed by atoms with Gasteiger partial charge in [0.05, 0.1) is 6.04 Å². The maximum atomic E-state index is 12.9. The molecule has 19 heavy (non-hydrogen) atoms. The maximum absolute atomic E-state index is 12.9. The van der Waals surface area contributed by atoms with Gasteiger partial charge in [0.1, 0.15) is 0 Å². The summed E-state index contributed by atoms with van der Waals surface area (Å²) in [6.45, 7) is 2.23. The standard InChI is InChI=1S/C11H17F3N2O3/c1-6(2)7(15)8(17)16-4-3-10(5-16,9(18)19)11(12,13)14/h6-7H,3-5,15H2,1-2H3,(H,18,19)/t7-,10?/m1/s1. The molecule has 1 fully saturated rings. The molecule has 0 radical (unpaired) electrons. The zero-order valence-corrected chi connectivity index (χ0v) is 10.7. The van der Waals surface area contributed by atoms with Crippen molar-refractivity contribution in [3.8, 4) is 0 Å². The predicted molar refractivity (Wildman–Crippen MR) is 60.1 cm³/mol. The number of likely N-dealkylation sites (tertiary alicyclic amines) is 1. The Morgan fingerprint density at radius 3 is 2.21 bits per heavy atom. The molecule has 1 saturated heterocycles. The minimum absolute atomic E-state index is 0.224. The van der Waals surface area contributed by atoms with E-state index >= 15 is 0 Å². The van der Waals surface area contributed by atoms with Gasteiger partial charge in [0.2, 0.25) is 5.91 Å². The van der Waals surface area contributed by atoms with E-state index in [0.29, 0.717) is 0 Å². The van der Waals surface area contributed by atoms with Crippen LogP contribution in [-0.4, -0.2) is 47.2 Å². The van der Waals surface area contributed by atoms with Crippen molar-refractivity contribution in [3.05, 3.63) is 0 Å². The summed E-state index contributed by atoms with van der Waals surface area (Å²) in [4.78, 5) is 23.7. The molecule has 110 valence electrons. The second kappa shape index (κ2) is 4.99. The first-order valence-electron chi connectivity index (χ1n) is 5.87. The van der Waals surface area contributed by atoms with E-state index in [1.807, 2.05) is 0 Å². The Kier molecular flexibility index (Phi) is 4.14. The topological polar surface area (TPSA) is 83.6 Å². The summed E-state index contributed by atoms with van der Waals surface area (Å²) in [5, 5.41) is 8.86. The Labute approximate surface area is 108 Å². The van der Waals surface area contributed by atoms with E-state index < -0.39 is 42.5 Å². The number of nitrogens with zero attached hydrogens (tertiary/aromatic N) is 1. The summed E-state index contributed by atoms with van der Waals surface area (Å²) >= 11 is 0. The third-order valence-corrected chi connectivity index (χ3v) is 3.54. The highest BCUT2D eigenvalue weighted by Gasteiger charge is 2.64. The summed E-state index contributed by atoms with van der Waals surface area (Å²) in [5.41, 5.74) is 2.72. The van der Waals surface area contributed by atoms with Crippen LogP contribution in [0.2, 0.25) is 0 Å². The lowest BCUT2D eigenvalue weighted by Crippen LogP contribution is -2.50. The Morgan fingerprint density at radius 1 is 1.37 bits per heavy atom. The van der Waals surface area contributed by atoms with Crippen LogP contribution >= 0.6 is 0 Å². The fourth-order valence-corrected chi connectivity index (χ4v) is 2.02. The van der Waals surface area contributed by atoms with E-state index in [4.69, 9.17) is 10.8 Å². The molecule has 0 bridgehead atoms. The van der Waals surface area contributed by atoms with Crippen LogP contribution in [0.4, 0.5) is 13.2 Å². The number of hydrogen-bond acceptors (Lipinski definition) is 3. The summed E-state index contributed by atoms with van der Waals surface area (Å²) in [6, 6.07) is -0.919. The first kappa shape index (κ1) is 15.7. The molecule has 1 heterocycles. The smallest absolute Gasteiger partial charge is 0.406 e. The van der Waals surface area contributed by atoms with Crippen LogP contribution < -0.4 is 5.73 Å². The molecule has 2 atom stereocenters. The molecular formula is C11H17F3N2O3. The van der Waals surface area contributed by atoms with Crippen LogP contribution in [0.1, 0.15) is 20.3 Å². The van der Waals surface area contributed by atoms with Crippen LogP contribution in [-0.2, 0) is 9.59 Å². The molecule has 0 saturated carbocycles. The minimum Gasteiger partial charge on any atom is -0.481 e. The van der Waals surface area contributed by atoms with E-state index in [2.05, 4.69) is 0 Å². The van der Waals surface area contributed by atoms with Gasteiger partial charge >= 0.3 is 12.1 Å².